The fraction of sp³-hybridized carbons (Fsp3) is 0.308. The van der Waals surface area contributed by atoms with Crippen LogP contribution >= 0.6 is 0 Å². The Morgan fingerprint density at radius 1 is 1.44 bits per heavy atom. The minimum Gasteiger partial charge on any atom is -0.508 e. The van der Waals surface area contributed by atoms with Gasteiger partial charge in [-0.25, -0.2) is 4.79 Å². The lowest BCUT2D eigenvalue weighted by molar-refractivity contribution is -0.129. The van der Waals surface area contributed by atoms with Crippen molar-refractivity contribution in [3.05, 3.63) is 36.4 Å². The van der Waals surface area contributed by atoms with Crippen LogP contribution in [0.2, 0.25) is 0 Å². The van der Waals surface area contributed by atoms with Crippen LogP contribution in [0.15, 0.2) is 30.9 Å². The first kappa shape index (κ1) is 12.3. The van der Waals surface area contributed by atoms with E-state index < -0.39 is 5.97 Å². The Bertz CT molecular complexity index is 414. The zero-order chi connectivity index (χ0) is 12.3. The lowest BCUT2D eigenvalue weighted by Crippen LogP contribution is -2.15. The van der Waals surface area contributed by atoms with E-state index in [4.69, 9.17) is 4.74 Å². The van der Waals surface area contributed by atoms with Gasteiger partial charge in [-0.3, -0.25) is 0 Å². The lowest BCUT2D eigenvalue weighted by Gasteiger charge is -2.22. The van der Waals surface area contributed by atoms with Crippen molar-refractivity contribution in [2.75, 3.05) is 0 Å². The molecule has 0 heterocycles. The fourth-order valence-electron chi connectivity index (χ4n) is 1.34. The van der Waals surface area contributed by atoms with Gasteiger partial charge in [-0.05, 0) is 23.6 Å². The number of aromatic hydroxyl groups is 1. The maximum absolute atomic E-state index is 11.1. The van der Waals surface area contributed by atoms with Crippen LogP contribution in [0.3, 0.4) is 0 Å². The predicted octanol–water partition coefficient (Wildman–Crippen LogP) is 2.78. The van der Waals surface area contributed by atoms with Gasteiger partial charge in [-0.15, -0.1) is 0 Å². The van der Waals surface area contributed by atoms with Crippen LogP contribution in [0.5, 0.6) is 11.5 Å². The molecule has 0 atom stereocenters. The molecule has 16 heavy (non-hydrogen) atoms. The molecule has 3 nitrogen and oxygen atoms in total. The van der Waals surface area contributed by atoms with Crippen molar-refractivity contribution in [3.63, 3.8) is 0 Å². The Morgan fingerprint density at radius 2 is 2.06 bits per heavy atom. The number of phenols is 1. The van der Waals surface area contributed by atoms with E-state index in [9.17, 15) is 9.90 Å². The topological polar surface area (TPSA) is 46.5 Å². The van der Waals surface area contributed by atoms with Crippen LogP contribution in [-0.2, 0) is 10.2 Å². The highest BCUT2D eigenvalue weighted by molar-refractivity contribution is 5.83. The van der Waals surface area contributed by atoms with Crippen molar-refractivity contribution in [2.24, 2.45) is 0 Å². The smallest absolute Gasteiger partial charge is 0.335 e. The standard InChI is InChI=1S/C13H16O3/c1-5-12(15)16-11-7-6-9(14)8-10(11)13(2,3)4/h5-8,14H,1H2,2-4H3. The van der Waals surface area contributed by atoms with Crippen molar-refractivity contribution in [3.8, 4) is 11.5 Å². The summed E-state index contributed by atoms with van der Waals surface area (Å²) in [5, 5.41) is 9.43. The first-order valence-corrected chi connectivity index (χ1v) is 5.02. The molecule has 0 aromatic heterocycles. The summed E-state index contributed by atoms with van der Waals surface area (Å²) in [6.45, 7) is 9.28. The van der Waals surface area contributed by atoms with E-state index in [2.05, 4.69) is 6.58 Å². The number of esters is 1. The monoisotopic (exact) mass is 220 g/mol. The number of hydrogen-bond donors (Lipinski definition) is 1. The van der Waals surface area contributed by atoms with Crippen molar-refractivity contribution < 1.29 is 14.6 Å². The van der Waals surface area contributed by atoms with Crippen molar-refractivity contribution >= 4 is 5.97 Å². The predicted molar refractivity (Wildman–Crippen MR) is 62.6 cm³/mol. The number of carbonyl (C=O) groups excluding carboxylic acids is 1. The molecule has 0 aliphatic heterocycles. The normalized spacial score (nSPS) is 10.9. The summed E-state index contributed by atoms with van der Waals surface area (Å²) in [5.41, 5.74) is 0.568. The zero-order valence-corrected chi connectivity index (χ0v) is 9.78. The minimum atomic E-state index is -0.504. The summed E-state index contributed by atoms with van der Waals surface area (Å²) in [7, 11) is 0. The van der Waals surface area contributed by atoms with E-state index >= 15 is 0 Å². The molecular formula is C13H16O3. The van der Waals surface area contributed by atoms with Gasteiger partial charge in [0.05, 0.1) is 0 Å². The van der Waals surface area contributed by atoms with Crippen molar-refractivity contribution in [1.82, 2.24) is 0 Å². The SMILES string of the molecule is C=CC(=O)Oc1ccc(O)cc1C(C)(C)C. The Kier molecular flexibility index (Phi) is 3.38. The van der Waals surface area contributed by atoms with Crippen molar-refractivity contribution in [2.45, 2.75) is 26.2 Å². The highest BCUT2D eigenvalue weighted by Gasteiger charge is 2.20. The van der Waals surface area contributed by atoms with Crippen LogP contribution < -0.4 is 4.74 Å². The van der Waals surface area contributed by atoms with Crippen molar-refractivity contribution in [1.29, 1.82) is 0 Å². The largest absolute Gasteiger partial charge is 0.508 e. The molecule has 3 heteroatoms. The van der Waals surface area contributed by atoms with Gasteiger partial charge < -0.3 is 9.84 Å². The fourth-order valence-corrected chi connectivity index (χ4v) is 1.34. The second-order valence-electron chi connectivity index (χ2n) is 4.56. The summed E-state index contributed by atoms with van der Waals surface area (Å²) >= 11 is 0. The molecule has 0 saturated heterocycles. The second-order valence-corrected chi connectivity index (χ2v) is 4.56. The molecule has 0 saturated carbocycles. The highest BCUT2D eigenvalue weighted by atomic mass is 16.5. The van der Waals surface area contributed by atoms with Gasteiger partial charge in [-0.1, -0.05) is 27.4 Å². The maximum Gasteiger partial charge on any atom is 0.335 e. The Labute approximate surface area is 95.4 Å². The van der Waals surface area contributed by atoms with Gasteiger partial charge in [0.1, 0.15) is 11.5 Å². The Morgan fingerprint density at radius 3 is 2.56 bits per heavy atom. The van der Waals surface area contributed by atoms with E-state index in [1.54, 1.807) is 12.1 Å². The zero-order valence-electron chi connectivity index (χ0n) is 9.78. The molecule has 86 valence electrons. The molecule has 1 aromatic rings. The third-order valence-electron chi connectivity index (χ3n) is 2.15. The number of rotatable bonds is 2. The lowest BCUT2D eigenvalue weighted by atomic mass is 9.86. The number of hydrogen-bond acceptors (Lipinski definition) is 3. The number of carbonyl (C=O) groups is 1. The molecule has 0 amide bonds. The number of phenolic OH excluding ortho intramolecular Hbond substituents is 1. The average Bonchev–Trinajstić information content (AvgIpc) is 2.19. The molecule has 0 radical (unpaired) electrons. The first-order valence-electron chi connectivity index (χ1n) is 5.02. The van der Waals surface area contributed by atoms with Gasteiger partial charge in [0.25, 0.3) is 0 Å². The van der Waals surface area contributed by atoms with E-state index in [1.807, 2.05) is 20.8 Å². The number of benzene rings is 1. The molecule has 0 aliphatic carbocycles. The Balaban J connectivity index is 3.18. The highest BCUT2D eigenvalue weighted by Crippen LogP contribution is 2.34. The molecule has 1 N–H and O–H groups in total. The van der Waals surface area contributed by atoms with Crippen LogP contribution in [0.4, 0.5) is 0 Å². The van der Waals surface area contributed by atoms with E-state index in [-0.39, 0.29) is 11.2 Å². The third kappa shape index (κ3) is 2.86. The molecule has 1 aromatic carbocycles. The summed E-state index contributed by atoms with van der Waals surface area (Å²) in [6, 6.07) is 4.67. The minimum absolute atomic E-state index is 0.156. The summed E-state index contributed by atoms with van der Waals surface area (Å²) in [6.07, 6.45) is 1.11. The van der Waals surface area contributed by atoms with Crippen LogP contribution in [-0.4, -0.2) is 11.1 Å². The second kappa shape index (κ2) is 4.39. The van der Waals surface area contributed by atoms with E-state index in [0.29, 0.717) is 5.75 Å². The molecule has 0 bridgehead atoms. The molecule has 0 unspecified atom stereocenters. The van der Waals surface area contributed by atoms with Gasteiger partial charge in [-0.2, -0.15) is 0 Å². The number of ether oxygens (including phenoxy) is 1. The van der Waals surface area contributed by atoms with E-state index in [0.717, 1.165) is 11.6 Å². The quantitative estimate of drug-likeness (QED) is 0.473. The first-order chi connectivity index (χ1) is 7.34. The molecule has 0 spiro atoms. The average molecular weight is 220 g/mol. The summed E-state index contributed by atoms with van der Waals surface area (Å²) < 4.78 is 5.11. The van der Waals surface area contributed by atoms with Gasteiger partial charge in [0, 0.05) is 11.6 Å². The van der Waals surface area contributed by atoms with Gasteiger partial charge in [0.2, 0.25) is 0 Å². The Hall–Kier alpha value is -1.77. The van der Waals surface area contributed by atoms with E-state index in [1.165, 1.54) is 6.07 Å². The van der Waals surface area contributed by atoms with Crippen LogP contribution in [0.25, 0.3) is 0 Å². The molecule has 0 aliphatic rings. The summed E-state index contributed by atoms with van der Waals surface area (Å²) in [5.74, 6) is 0.106. The van der Waals surface area contributed by atoms with Gasteiger partial charge >= 0.3 is 5.97 Å². The summed E-state index contributed by atoms with van der Waals surface area (Å²) in [4.78, 5) is 11.1. The van der Waals surface area contributed by atoms with Crippen LogP contribution in [0.1, 0.15) is 26.3 Å². The van der Waals surface area contributed by atoms with Gasteiger partial charge in [0.15, 0.2) is 0 Å². The molecule has 1 rings (SSSR count). The van der Waals surface area contributed by atoms with Crippen LogP contribution in [0, 0.1) is 0 Å². The molecule has 0 fully saturated rings. The molecular weight excluding hydrogens is 204 g/mol. The maximum atomic E-state index is 11.1. The third-order valence-corrected chi connectivity index (χ3v) is 2.15.